The predicted molar refractivity (Wildman–Crippen MR) is 68.1 cm³/mol. The van der Waals surface area contributed by atoms with E-state index in [-0.39, 0.29) is 17.1 Å². The number of benzene rings is 1. The first-order valence-electron chi connectivity index (χ1n) is 5.53. The lowest BCUT2D eigenvalue weighted by Crippen LogP contribution is -2.19. The maximum atomic E-state index is 11.7. The number of hydrogen-bond donors (Lipinski definition) is 1. The van der Waals surface area contributed by atoms with Crippen LogP contribution >= 0.6 is 11.6 Å². The van der Waals surface area contributed by atoms with Gasteiger partial charge in [0.25, 0.3) is 0 Å². The van der Waals surface area contributed by atoms with Crippen LogP contribution in [0.4, 0.5) is 5.69 Å². The fraction of sp³-hybridized carbons (Fsp3) is 0.333. The van der Waals surface area contributed by atoms with Gasteiger partial charge in [0.1, 0.15) is 19.1 Å². The first kappa shape index (κ1) is 13.5. The van der Waals surface area contributed by atoms with Crippen LogP contribution in [-0.2, 0) is 9.53 Å². The molecule has 0 radical (unpaired) electrons. The van der Waals surface area contributed by atoms with Gasteiger partial charge in [0, 0.05) is 12.1 Å². The molecule has 0 aliphatic carbocycles. The molecule has 0 saturated carbocycles. The number of carbonyl (C=O) groups is 2. The number of carbonyl (C=O) groups excluding carboxylic acids is 2. The van der Waals surface area contributed by atoms with E-state index in [0.717, 1.165) is 0 Å². The molecular formula is C12H12ClNO5. The number of nitrogens with one attached hydrogen (secondary N) is 1. The highest BCUT2D eigenvalue weighted by molar-refractivity contribution is 6.29. The van der Waals surface area contributed by atoms with Gasteiger partial charge in [0.2, 0.25) is 5.91 Å². The second kappa shape index (κ2) is 5.79. The van der Waals surface area contributed by atoms with Crippen LogP contribution in [-0.4, -0.2) is 38.1 Å². The van der Waals surface area contributed by atoms with Crippen molar-refractivity contribution in [1.82, 2.24) is 0 Å². The summed E-state index contributed by atoms with van der Waals surface area (Å²) < 4.78 is 15.4. The van der Waals surface area contributed by atoms with E-state index in [9.17, 15) is 9.59 Å². The Bertz CT molecular complexity index is 517. The van der Waals surface area contributed by atoms with Gasteiger partial charge in [-0.3, -0.25) is 4.79 Å². The molecule has 1 aliphatic rings. The standard InChI is InChI=1S/C12H12ClNO5/c1-17-12(16)7-4-9-10(19-3-2-18-9)5-8(7)14-11(15)6-13/h4-5H,2-3,6H2,1H3,(H,14,15). The van der Waals surface area contributed by atoms with Crippen LogP contribution in [0, 0.1) is 0 Å². The number of alkyl halides is 1. The van der Waals surface area contributed by atoms with E-state index in [1.165, 1.54) is 19.2 Å². The number of anilines is 1. The average Bonchev–Trinajstić information content (AvgIpc) is 2.45. The van der Waals surface area contributed by atoms with E-state index in [1.54, 1.807) is 0 Å². The van der Waals surface area contributed by atoms with Crippen molar-refractivity contribution in [2.75, 3.05) is 31.5 Å². The quantitative estimate of drug-likeness (QED) is 0.671. The van der Waals surface area contributed by atoms with Crippen LogP contribution in [0.5, 0.6) is 11.5 Å². The smallest absolute Gasteiger partial charge is 0.340 e. The van der Waals surface area contributed by atoms with Crippen molar-refractivity contribution >= 4 is 29.2 Å². The molecule has 1 aromatic rings. The van der Waals surface area contributed by atoms with Crippen molar-refractivity contribution in [3.63, 3.8) is 0 Å². The number of rotatable bonds is 3. The Hall–Kier alpha value is -1.95. The van der Waals surface area contributed by atoms with Gasteiger partial charge in [0.05, 0.1) is 18.4 Å². The summed E-state index contributed by atoms with van der Waals surface area (Å²) >= 11 is 5.43. The maximum Gasteiger partial charge on any atom is 0.340 e. The third kappa shape index (κ3) is 2.90. The van der Waals surface area contributed by atoms with Gasteiger partial charge in [-0.05, 0) is 0 Å². The van der Waals surface area contributed by atoms with Gasteiger partial charge in [0.15, 0.2) is 11.5 Å². The van der Waals surface area contributed by atoms with E-state index < -0.39 is 11.9 Å². The normalized spacial score (nSPS) is 12.7. The lowest BCUT2D eigenvalue weighted by atomic mass is 10.1. The van der Waals surface area contributed by atoms with Gasteiger partial charge < -0.3 is 19.5 Å². The minimum absolute atomic E-state index is 0.185. The Balaban J connectivity index is 2.42. The van der Waals surface area contributed by atoms with E-state index in [2.05, 4.69) is 10.1 Å². The second-order valence-electron chi connectivity index (χ2n) is 3.71. The topological polar surface area (TPSA) is 73.9 Å². The Kier molecular flexibility index (Phi) is 4.11. The summed E-state index contributed by atoms with van der Waals surface area (Å²) in [6, 6.07) is 3.00. The maximum absolute atomic E-state index is 11.7. The molecule has 7 heteroatoms. The van der Waals surface area contributed by atoms with E-state index in [1.807, 2.05) is 0 Å². The number of amides is 1. The molecule has 19 heavy (non-hydrogen) atoms. The third-order valence-corrected chi connectivity index (χ3v) is 2.73. The minimum Gasteiger partial charge on any atom is -0.486 e. The fourth-order valence-electron chi connectivity index (χ4n) is 1.65. The number of ether oxygens (including phenoxy) is 3. The lowest BCUT2D eigenvalue weighted by Gasteiger charge is -2.20. The molecule has 6 nitrogen and oxygen atoms in total. The summed E-state index contributed by atoms with van der Waals surface area (Å²) in [6.45, 7) is 0.814. The molecule has 0 fully saturated rings. The summed E-state index contributed by atoms with van der Waals surface area (Å²) in [4.78, 5) is 23.0. The number of esters is 1. The highest BCUT2D eigenvalue weighted by Gasteiger charge is 2.21. The highest BCUT2D eigenvalue weighted by Crippen LogP contribution is 2.35. The van der Waals surface area contributed by atoms with Crippen molar-refractivity contribution in [1.29, 1.82) is 0 Å². The molecule has 1 aromatic carbocycles. The zero-order valence-corrected chi connectivity index (χ0v) is 11.0. The summed E-state index contributed by atoms with van der Waals surface area (Å²) in [6.07, 6.45) is 0. The first-order valence-corrected chi connectivity index (χ1v) is 6.07. The Labute approximate surface area is 114 Å². The molecular weight excluding hydrogens is 274 g/mol. The molecule has 0 bridgehead atoms. The molecule has 0 spiro atoms. The molecule has 0 unspecified atom stereocenters. The Morgan fingerprint density at radius 1 is 1.32 bits per heavy atom. The second-order valence-corrected chi connectivity index (χ2v) is 3.98. The summed E-state index contributed by atoms with van der Waals surface area (Å²) in [5, 5.41) is 2.52. The molecule has 1 amide bonds. The zero-order chi connectivity index (χ0) is 13.8. The van der Waals surface area contributed by atoms with Crippen LogP contribution in [0.15, 0.2) is 12.1 Å². The summed E-state index contributed by atoms with van der Waals surface area (Å²) in [5.74, 6) is -0.320. The van der Waals surface area contributed by atoms with E-state index in [4.69, 9.17) is 21.1 Å². The van der Waals surface area contributed by atoms with Gasteiger partial charge in [-0.2, -0.15) is 0 Å². The van der Waals surface area contributed by atoms with Crippen molar-refractivity contribution in [3.8, 4) is 11.5 Å². The lowest BCUT2D eigenvalue weighted by molar-refractivity contribution is -0.113. The summed E-state index contributed by atoms with van der Waals surface area (Å²) in [7, 11) is 1.26. The van der Waals surface area contributed by atoms with Crippen LogP contribution in [0.3, 0.4) is 0 Å². The minimum atomic E-state index is -0.582. The molecule has 102 valence electrons. The van der Waals surface area contributed by atoms with Gasteiger partial charge in [-0.1, -0.05) is 0 Å². The molecule has 0 saturated heterocycles. The Morgan fingerprint density at radius 2 is 1.95 bits per heavy atom. The molecule has 1 aliphatic heterocycles. The first-order chi connectivity index (χ1) is 9.15. The number of fused-ring (bicyclic) bond motifs is 1. The summed E-state index contributed by atoms with van der Waals surface area (Å²) in [5.41, 5.74) is 0.465. The largest absolute Gasteiger partial charge is 0.486 e. The SMILES string of the molecule is COC(=O)c1cc2c(cc1NC(=O)CCl)OCCO2. The number of hydrogen-bond acceptors (Lipinski definition) is 5. The monoisotopic (exact) mass is 285 g/mol. The predicted octanol–water partition coefficient (Wildman–Crippen LogP) is 1.42. The molecule has 0 atom stereocenters. The molecule has 1 N–H and O–H groups in total. The van der Waals surface area contributed by atoms with Gasteiger partial charge in [-0.25, -0.2) is 4.79 Å². The number of halogens is 1. The van der Waals surface area contributed by atoms with Crippen molar-refractivity contribution in [3.05, 3.63) is 17.7 Å². The van der Waals surface area contributed by atoms with Crippen molar-refractivity contribution in [2.24, 2.45) is 0 Å². The molecule has 2 rings (SSSR count). The van der Waals surface area contributed by atoms with E-state index in [0.29, 0.717) is 24.7 Å². The number of methoxy groups -OCH3 is 1. The zero-order valence-electron chi connectivity index (χ0n) is 10.2. The van der Waals surface area contributed by atoms with Gasteiger partial charge in [-0.15, -0.1) is 11.6 Å². The Morgan fingerprint density at radius 3 is 2.53 bits per heavy atom. The van der Waals surface area contributed by atoms with E-state index >= 15 is 0 Å². The van der Waals surface area contributed by atoms with Crippen LogP contribution < -0.4 is 14.8 Å². The fourth-order valence-corrected chi connectivity index (χ4v) is 1.72. The third-order valence-electron chi connectivity index (χ3n) is 2.48. The highest BCUT2D eigenvalue weighted by atomic mass is 35.5. The average molecular weight is 286 g/mol. The van der Waals surface area contributed by atoms with Gasteiger partial charge >= 0.3 is 5.97 Å². The van der Waals surface area contributed by atoms with Crippen LogP contribution in [0.1, 0.15) is 10.4 Å². The van der Waals surface area contributed by atoms with Crippen molar-refractivity contribution in [2.45, 2.75) is 0 Å². The molecule has 0 aromatic heterocycles. The van der Waals surface area contributed by atoms with Crippen LogP contribution in [0.25, 0.3) is 0 Å². The molecule has 1 heterocycles. The van der Waals surface area contributed by atoms with Crippen LogP contribution in [0.2, 0.25) is 0 Å². The van der Waals surface area contributed by atoms with Crippen molar-refractivity contribution < 1.29 is 23.8 Å².